The summed E-state index contributed by atoms with van der Waals surface area (Å²) in [5, 5.41) is 12.7. The van der Waals surface area contributed by atoms with E-state index in [1.807, 2.05) is 13.8 Å². The Bertz CT molecular complexity index is 475. The zero-order valence-electron chi connectivity index (χ0n) is 13.0. The molecule has 1 aromatic heterocycles. The van der Waals surface area contributed by atoms with Crippen molar-refractivity contribution in [2.24, 2.45) is 11.3 Å². The van der Waals surface area contributed by atoms with Crippen LogP contribution in [0.2, 0.25) is 0 Å². The number of fused-ring (bicyclic) bond motifs is 1. The Hall–Kier alpha value is -1.40. The fraction of sp³-hybridized carbons (Fsp3) is 0.733. The van der Waals surface area contributed by atoms with Crippen molar-refractivity contribution in [2.45, 2.75) is 46.8 Å². The molecule has 0 aromatic carbocycles. The van der Waals surface area contributed by atoms with Gasteiger partial charge in [-0.2, -0.15) is 0 Å². The highest BCUT2D eigenvalue weighted by atomic mass is 16.5. The summed E-state index contributed by atoms with van der Waals surface area (Å²) < 4.78 is 5.37. The minimum absolute atomic E-state index is 0.348. The van der Waals surface area contributed by atoms with E-state index in [9.17, 15) is 9.90 Å². The summed E-state index contributed by atoms with van der Waals surface area (Å²) in [4.78, 5) is 19.3. The maximum atomic E-state index is 11.5. The SMILES string of the molecule is CC(C)CC(C)(CNCc1nc2c([nH]1)COCC2)C(=O)O. The zero-order chi connectivity index (χ0) is 15.5. The van der Waals surface area contributed by atoms with E-state index >= 15 is 0 Å². The second kappa shape index (κ2) is 6.58. The molecule has 1 atom stereocenters. The number of aromatic nitrogens is 2. The molecule has 0 fully saturated rings. The lowest BCUT2D eigenvalue weighted by Gasteiger charge is -2.26. The number of carbonyl (C=O) groups is 1. The van der Waals surface area contributed by atoms with Crippen LogP contribution < -0.4 is 5.32 Å². The molecule has 0 amide bonds. The van der Waals surface area contributed by atoms with Crippen molar-refractivity contribution in [1.29, 1.82) is 0 Å². The molecule has 2 heterocycles. The van der Waals surface area contributed by atoms with E-state index in [4.69, 9.17) is 4.74 Å². The number of carboxylic acids is 1. The van der Waals surface area contributed by atoms with E-state index in [0.717, 1.165) is 30.2 Å². The van der Waals surface area contributed by atoms with Crippen molar-refractivity contribution in [3.05, 3.63) is 17.2 Å². The molecular formula is C15H25N3O3. The van der Waals surface area contributed by atoms with E-state index in [1.54, 1.807) is 6.92 Å². The third-order valence-electron chi connectivity index (χ3n) is 3.83. The average Bonchev–Trinajstić information content (AvgIpc) is 2.80. The second-order valence-electron chi connectivity index (χ2n) is 6.48. The third-order valence-corrected chi connectivity index (χ3v) is 3.83. The van der Waals surface area contributed by atoms with Crippen LogP contribution in [0.15, 0.2) is 0 Å². The summed E-state index contributed by atoms with van der Waals surface area (Å²) in [5.41, 5.74) is 1.37. The number of aromatic amines is 1. The van der Waals surface area contributed by atoms with Crippen LogP contribution in [0.3, 0.4) is 0 Å². The molecule has 0 aliphatic carbocycles. The molecule has 6 nitrogen and oxygen atoms in total. The molecule has 6 heteroatoms. The van der Waals surface area contributed by atoms with Gasteiger partial charge in [0.15, 0.2) is 0 Å². The second-order valence-corrected chi connectivity index (χ2v) is 6.48. The number of nitrogens with zero attached hydrogens (tertiary/aromatic N) is 1. The Morgan fingerprint density at radius 1 is 1.57 bits per heavy atom. The highest BCUT2D eigenvalue weighted by Gasteiger charge is 2.33. The molecule has 1 unspecified atom stereocenters. The van der Waals surface area contributed by atoms with Crippen LogP contribution in [-0.2, 0) is 29.1 Å². The van der Waals surface area contributed by atoms with Gasteiger partial charge in [-0.05, 0) is 19.3 Å². The minimum Gasteiger partial charge on any atom is -0.481 e. The number of carboxylic acid groups (broad SMARTS) is 1. The molecule has 0 bridgehead atoms. The smallest absolute Gasteiger partial charge is 0.310 e. The molecule has 21 heavy (non-hydrogen) atoms. The number of hydrogen-bond acceptors (Lipinski definition) is 4. The summed E-state index contributed by atoms with van der Waals surface area (Å²) in [5.74, 6) is 0.444. The molecule has 0 spiro atoms. The van der Waals surface area contributed by atoms with Gasteiger partial charge in [-0.15, -0.1) is 0 Å². The lowest BCUT2D eigenvalue weighted by Crippen LogP contribution is -2.39. The number of imidazole rings is 1. The van der Waals surface area contributed by atoms with Gasteiger partial charge in [0, 0.05) is 13.0 Å². The van der Waals surface area contributed by atoms with Gasteiger partial charge in [-0.3, -0.25) is 4.79 Å². The van der Waals surface area contributed by atoms with Crippen LogP contribution in [0.4, 0.5) is 0 Å². The van der Waals surface area contributed by atoms with Crippen LogP contribution in [0, 0.1) is 11.3 Å². The Morgan fingerprint density at radius 3 is 2.95 bits per heavy atom. The third kappa shape index (κ3) is 4.04. The molecule has 3 N–H and O–H groups in total. The van der Waals surface area contributed by atoms with E-state index in [2.05, 4.69) is 15.3 Å². The molecule has 0 saturated heterocycles. The number of aliphatic carboxylic acids is 1. The molecule has 1 aromatic rings. The first-order valence-corrected chi connectivity index (χ1v) is 7.49. The predicted molar refractivity (Wildman–Crippen MR) is 78.9 cm³/mol. The average molecular weight is 295 g/mol. The van der Waals surface area contributed by atoms with Gasteiger partial charge in [-0.1, -0.05) is 13.8 Å². The van der Waals surface area contributed by atoms with Crippen LogP contribution in [0.25, 0.3) is 0 Å². The lowest BCUT2D eigenvalue weighted by atomic mass is 9.82. The summed E-state index contributed by atoms with van der Waals surface area (Å²) in [7, 11) is 0. The van der Waals surface area contributed by atoms with Gasteiger partial charge in [0.25, 0.3) is 0 Å². The summed E-state index contributed by atoms with van der Waals surface area (Å²) >= 11 is 0. The first-order chi connectivity index (χ1) is 9.90. The minimum atomic E-state index is -0.754. The van der Waals surface area contributed by atoms with Gasteiger partial charge in [0.1, 0.15) is 5.82 Å². The van der Waals surface area contributed by atoms with Gasteiger partial charge in [-0.25, -0.2) is 4.98 Å². The maximum Gasteiger partial charge on any atom is 0.310 e. The molecule has 118 valence electrons. The largest absolute Gasteiger partial charge is 0.481 e. The van der Waals surface area contributed by atoms with E-state index in [-0.39, 0.29) is 0 Å². The first-order valence-electron chi connectivity index (χ1n) is 7.49. The lowest BCUT2D eigenvalue weighted by molar-refractivity contribution is -0.148. The molecule has 1 aliphatic heterocycles. The molecule has 2 rings (SSSR count). The Kier molecular flexibility index (Phi) is 5.00. The van der Waals surface area contributed by atoms with Crippen LogP contribution in [-0.4, -0.2) is 34.2 Å². The highest BCUT2D eigenvalue weighted by Crippen LogP contribution is 2.25. The molecular weight excluding hydrogens is 270 g/mol. The number of nitrogens with one attached hydrogen (secondary N) is 2. The maximum absolute atomic E-state index is 11.5. The standard InChI is InChI=1S/C15H25N3O3/c1-10(2)6-15(3,14(19)20)9-16-7-13-17-11-4-5-21-8-12(11)18-13/h10,16H,4-9H2,1-3H3,(H,17,18)(H,19,20). The number of H-pyrrole nitrogens is 1. The fourth-order valence-electron chi connectivity index (χ4n) is 2.85. The van der Waals surface area contributed by atoms with Gasteiger partial charge in [0.05, 0.1) is 36.6 Å². The van der Waals surface area contributed by atoms with Crippen LogP contribution >= 0.6 is 0 Å². The number of ether oxygens (including phenoxy) is 1. The summed E-state index contributed by atoms with van der Waals surface area (Å²) in [6.45, 7) is 8.17. The normalized spacial score (nSPS) is 17.5. The molecule has 1 aliphatic rings. The molecule has 0 saturated carbocycles. The fourth-order valence-corrected chi connectivity index (χ4v) is 2.85. The van der Waals surface area contributed by atoms with Crippen molar-refractivity contribution in [2.75, 3.05) is 13.2 Å². The Balaban J connectivity index is 1.90. The first kappa shape index (κ1) is 16.0. The van der Waals surface area contributed by atoms with E-state index in [1.165, 1.54) is 0 Å². The van der Waals surface area contributed by atoms with Crippen molar-refractivity contribution < 1.29 is 14.6 Å². The topological polar surface area (TPSA) is 87.2 Å². The Morgan fingerprint density at radius 2 is 2.33 bits per heavy atom. The zero-order valence-corrected chi connectivity index (χ0v) is 13.0. The van der Waals surface area contributed by atoms with Gasteiger partial charge >= 0.3 is 5.97 Å². The molecule has 0 radical (unpaired) electrons. The summed E-state index contributed by atoms with van der Waals surface area (Å²) in [6, 6.07) is 0. The van der Waals surface area contributed by atoms with Crippen molar-refractivity contribution in [1.82, 2.24) is 15.3 Å². The highest BCUT2D eigenvalue weighted by molar-refractivity contribution is 5.74. The van der Waals surface area contributed by atoms with Crippen molar-refractivity contribution >= 4 is 5.97 Å². The van der Waals surface area contributed by atoms with Gasteiger partial charge < -0.3 is 20.1 Å². The van der Waals surface area contributed by atoms with Crippen molar-refractivity contribution in [3.8, 4) is 0 Å². The number of hydrogen-bond donors (Lipinski definition) is 3. The van der Waals surface area contributed by atoms with Crippen molar-refractivity contribution in [3.63, 3.8) is 0 Å². The van der Waals surface area contributed by atoms with E-state index < -0.39 is 11.4 Å². The monoisotopic (exact) mass is 295 g/mol. The summed E-state index contributed by atoms with van der Waals surface area (Å²) in [6.07, 6.45) is 1.49. The van der Waals surface area contributed by atoms with E-state index in [0.29, 0.717) is 32.0 Å². The van der Waals surface area contributed by atoms with Crippen LogP contribution in [0.5, 0.6) is 0 Å². The predicted octanol–water partition coefficient (Wildman–Crippen LogP) is 1.71. The Labute approximate surface area is 125 Å². The van der Waals surface area contributed by atoms with Crippen LogP contribution in [0.1, 0.15) is 44.4 Å². The van der Waals surface area contributed by atoms with Gasteiger partial charge in [0.2, 0.25) is 0 Å². The number of rotatable bonds is 7. The quantitative estimate of drug-likeness (QED) is 0.713.